The van der Waals surface area contributed by atoms with Crippen LogP contribution in [0.4, 0.5) is 0 Å². The molecule has 4 heteroatoms. The Morgan fingerprint density at radius 3 is 2.71 bits per heavy atom. The third-order valence-electron chi connectivity index (χ3n) is 4.09. The topological polar surface area (TPSA) is 33.7 Å². The lowest BCUT2D eigenvalue weighted by Crippen LogP contribution is -2.45. The van der Waals surface area contributed by atoms with E-state index in [1.807, 2.05) is 12.1 Å². The van der Waals surface area contributed by atoms with Crippen LogP contribution in [0.1, 0.15) is 31.9 Å². The number of hydrogen-bond acceptors (Lipinski definition) is 4. The first kappa shape index (κ1) is 16.3. The fourth-order valence-electron chi connectivity index (χ4n) is 2.82. The molecular weight excluding hydrogens is 264 g/mol. The maximum atomic E-state index is 5.76. The van der Waals surface area contributed by atoms with Crippen LogP contribution in [0.5, 0.6) is 5.75 Å². The Morgan fingerprint density at radius 2 is 2.10 bits per heavy atom. The summed E-state index contributed by atoms with van der Waals surface area (Å²) >= 11 is 0. The summed E-state index contributed by atoms with van der Waals surface area (Å²) in [5.41, 5.74) is 1.32. The third kappa shape index (κ3) is 4.70. The van der Waals surface area contributed by atoms with Crippen molar-refractivity contribution in [1.29, 1.82) is 0 Å². The van der Waals surface area contributed by atoms with Gasteiger partial charge in [0.1, 0.15) is 5.75 Å². The van der Waals surface area contributed by atoms with E-state index >= 15 is 0 Å². The average Bonchev–Trinajstić information content (AvgIpc) is 2.55. The summed E-state index contributed by atoms with van der Waals surface area (Å²) in [6.45, 7) is 9.26. The first-order chi connectivity index (χ1) is 10.3. The van der Waals surface area contributed by atoms with Crippen molar-refractivity contribution in [3.05, 3.63) is 29.8 Å². The number of rotatable bonds is 7. The minimum Gasteiger partial charge on any atom is -0.497 e. The highest BCUT2D eigenvalue weighted by molar-refractivity contribution is 5.29. The van der Waals surface area contributed by atoms with Crippen molar-refractivity contribution >= 4 is 0 Å². The average molecular weight is 292 g/mol. The second-order valence-corrected chi connectivity index (χ2v) is 5.54. The Balaban J connectivity index is 2.00. The summed E-state index contributed by atoms with van der Waals surface area (Å²) in [7, 11) is 1.70. The van der Waals surface area contributed by atoms with Gasteiger partial charge in [0.15, 0.2) is 0 Å². The van der Waals surface area contributed by atoms with Crippen LogP contribution in [-0.2, 0) is 4.74 Å². The number of methoxy groups -OCH3 is 1. The standard InChI is InChI=1S/C17H28N2O2/c1-4-15-12-19(10-11-21-15)13-17(18-5-2)14-6-8-16(20-3)9-7-14/h6-9,15,17-18H,4-5,10-13H2,1-3H3. The molecule has 1 saturated heterocycles. The molecule has 0 aliphatic carbocycles. The van der Waals surface area contributed by atoms with E-state index in [0.29, 0.717) is 12.1 Å². The highest BCUT2D eigenvalue weighted by Crippen LogP contribution is 2.20. The van der Waals surface area contributed by atoms with Crippen LogP contribution in [0.2, 0.25) is 0 Å². The van der Waals surface area contributed by atoms with Crippen molar-refractivity contribution in [2.45, 2.75) is 32.4 Å². The molecule has 0 bridgehead atoms. The van der Waals surface area contributed by atoms with Crippen molar-refractivity contribution in [2.24, 2.45) is 0 Å². The third-order valence-corrected chi connectivity index (χ3v) is 4.09. The highest BCUT2D eigenvalue weighted by atomic mass is 16.5. The molecule has 1 heterocycles. The molecule has 0 aromatic heterocycles. The Kier molecular flexibility index (Phi) is 6.49. The normalized spacial score (nSPS) is 21.2. The zero-order chi connectivity index (χ0) is 15.1. The van der Waals surface area contributed by atoms with Crippen LogP contribution in [0.3, 0.4) is 0 Å². The molecule has 1 aliphatic rings. The number of hydrogen-bond donors (Lipinski definition) is 1. The van der Waals surface area contributed by atoms with E-state index in [-0.39, 0.29) is 0 Å². The Bertz CT molecular complexity index is 408. The number of likely N-dealkylation sites (N-methyl/N-ethyl adjacent to an activating group) is 1. The molecule has 1 aromatic carbocycles. The van der Waals surface area contributed by atoms with E-state index in [1.54, 1.807) is 7.11 Å². The molecule has 0 radical (unpaired) electrons. The summed E-state index contributed by atoms with van der Waals surface area (Å²) in [6, 6.07) is 8.74. The van der Waals surface area contributed by atoms with Crippen LogP contribution in [0.15, 0.2) is 24.3 Å². The second kappa shape index (κ2) is 8.37. The fraction of sp³-hybridized carbons (Fsp3) is 0.647. The van der Waals surface area contributed by atoms with E-state index in [4.69, 9.17) is 9.47 Å². The van der Waals surface area contributed by atoms with Crippen LogP contribution in [-0.4, -0.2) is 50.9 Å². The van der Waals surface area contributed by atoms with Gasteiger partial charge in [-0.2, -0.15) is 0 Å². The van der Waals surface area contributed by atoms with Gasteiger partial charge in [-0.3, -0.25) is 4.90 Å². The minimum absolute atomic E-state index is 0.358. The van der Waals surface area contributed by atoms with Crippen LogP contribution < -0.4 is 10.1 Å². The maximum Gasteiger partial charge on any atom is 0.118 e. The largest absolute Gasteiger partial charge is 0.497 e. The fourth-order valence-corrected chi connectivity index (χ4v) is 2.82. The Labute approximate surface area is 128 Å². The molecule has 118 valence electrons. The summed E-state index contributed by atoms with van der Waals surface area (Å²) in [4.78, 5) is 2.51. The lowest BCUT2D eigenvalue weighted by atomic mass is 10.1. The van der Waals surface area contributed by atoms with E-state index in [9.17, 15) is 0 Å². The minimum atomic E-state index is 0.358. The number of morpholine rings is 1. The van der Waals surface area contributed by atoms with E-state index in [1.165, 1.54) is 5.56 Å². The predicted octanol–water partition coefficient (Wildman–Crippen LogP) is 2.46. The highest BCUT2D eigenvalue weighted by Gasteiger charge is 2.22. The van der Waals surface area contributed by atoms with Crippen molar-refractivity contribution in [3.63, 3.8) is 0 Å². The summed E-state index contributed by atoms with van der Waals surface area (Å²) < 4.78 is 11.0. The number of benzene rings is 1. The first-order valence-corrected chi connectivity index (χ1v) is 7.98. The monoisotopic (exact) mass is 292 g/mol. The van der Waals surface area contributed by atoms with Gasteiger partial charge in [-0.05, 0) is 30.7 Å². The molecule has 1 fully saturated rings. The Hall–Kier alpha value is -1.10. The van der Waals surface area contributed by atoms with E-state index in [0.717, 1.165) is 45.0 Å². The van der Waals surface area contributed by atoms with E-state index < -0.39 is 0 Å². The number of nitrogens with one attached hydrogen (secondary N) is 1. The molecule has 1 aromatic rings. The summed E-state index contributed by atoms with van der Waals surface area (Å²) in [5.74, 6) is 0.909. The molecule has 2 unspecified atom stereocenters. The zero-order valence-corrected chi connectivity index (χ0v) is 13.5. The van der Waals surface area contributed by atoms with Gasteiger partial charge in [-0.1, -0.05) is 26.0 Å². The van der Waals surface area contributed by atoms with Crippen molar-refractivity contribution < 1.29 is 9.47 Å². The molecule has 0 spiro atoms. The lowest BCUT2D eigenvalue weighted by molar-refractivity contribution is -0.0322. The second-order valence-electron chi connectivity index (χ2n) is 5.54. The Morgan fingerprint density at radius 1 is 1.33 bits per heavy atom. The van der Waals surface area contributed by atoms with Gasteiger partial charge in [-0.15, -0.1) is 0 Å². The van der Waals surface area contributed by atoms with Gasteiger partial charge in [0.05, 0.1) is 19.8 Å². The van der Waals surface area contributed by atoms with Gasteiger partial charge in [0.2, 0.25) is 0 Å². The zero-order valence-electron chi connectivity index (χ0n) is 13.5. The molecule has 2 atom stereocenters. The summed E-state index contributed by atoms with van der Waals surface area (Å²) in [6.07, 6.45) is 1.47. The maximum absolute atomic E-state index is 5.76. The van der Waals surface area contributed by atoms with Crippen LogP contribution >= 0.6 is 0 Å². The van der Waals surface area contributed by atoms with Gasteiger partial charge in [0, 0.05) is 25.7 Å². The van der Waals surface area contributed by atoms with Crippen LogP contribution in [0.25, 0.3) is 0 Å². The molecular formula is C17H28N2O2. The van der Waals surface area contributed by atoms with Crippen molar-refractivity contribution in [3.8, 4) is 5.75 Å². The SMILES string of the molecule is CCNC(CN1CCOC(CC)C1)c1ccc(OC)cc1. The summed E-state index contributed by atoms with van der Waals surface area (Å²) in [5, 5.41) is 3.59. The molecule has 2 rings (SSSR count). The molecule has 4 nitrogen and oxygen atoms in total. The molecule has 21 heavy (non-hydrogen) atoms. The van der Waals surface area contributed by atoms with Gasteiger partial charge in [0.25, 0.3) is 0 Å². The van der Waals surface area contributed by atoms with Crippen molar-refractivity contribution in [2.75, 3.05) is 39.9 Å². The molecule has 1 aliphatic heterocycles. The quantitative estimate of drug-likeness (QED) is 0.837. The predicted molar refractivity (Wildman–Crippen MR) is 85.9 cm³/mol. The van der Waals surface area contributed by atoms with Crippen molar-refractivity contribution in [1.82, 2.24) is 10.2 Å². The van der Waals surface area contributed by atoms with Gasteiger partial charge in [-0.25, -0.2) is 0 Å². The van der Waals surface area contributed by atoms with E-state index in [2.05, 4.69) is 36.2 Å². The smallest absolute Gasteiger partial charge is 0.118 e. The number of ether oxygens (including phenoxy) is 2. The molecule has 0 amide bonds. The lowest BCUT2D eigenvalue weighted by Gasteiger charge is -2.35. The first-order valence-electron chi connectivity index (χ1n) is 7.98. The molecule has 0 saturated carbocycles. The van der Waals surface area contributed by atoms with Gasteiger partial charge >= 0.3 is 0 Å². The molecule has 1 N–H and O–H groups in total. The van der Waals surface area contributed by atoms with Gasteiger partial charge < -0.3 is 14.8 Å². The van der Waals surface area contributed by atoms with Crippen LogP contribution in [0, 0.1) is 0 Å². The number of nitrogens with zero attached hydrogens (tertiary/aromatic N) is 1.